The fourth-order valence-corrected chi connectivity index (χ4v) is 2.22. The van der Waals surface area contributed by atoms with Gasteiger partial charge in [0, 0.05) is 0 Å². The molecule has 3 rings (SSSR count). The molecular weight excluding hydrogens is 295 g/mol. The third-order valence-corrected chi connectivity index (χ3v) is 3.20. The summed E-state index contributed by atoms with van der Waals surface area (Å²) in [5, 5.41) is 9.75. The van der Waals surface area contributed by atoms with Gasteiger partial charge in [-0.15, -0.1) is 0 Å². The maximum absolute atomic E-state index is 12.5. The first-order valence-electron chi connectivity index (χ1n) is 6.47. The Morgan fingerprint density at radius 3 is 2.64 bits per heavy atom. The summed E-state index contributed by atoms with van der Waals surface area (Å²) in [4.78, 5) is 23.4. The van der Waals surface area contributed by atoms with Gasteiger partial charge < -0.3 is 15.7 Å². The minimum absolute atomic E-state index is 0. The zero-order valence-electron chi connectivity index (χ0n) is 13.3. The summed E-state index contributed by atoms with van der Waals surface area (Å²) < 4.78 is 11.0. The molecule has 3 aromatic rings. The number of aromatic carboxylic acids is 1. The number of carboxylic acids is 1. The molecule has 0 fully saturated rings. The van der Waals surface area contributed by atoms with Crippen molar-refractivity contribution in [1.82, 2.24) is 0 Å². The van der Waals surface area contributed by atoms with Crippen molar-refractivity contribution in [2.45, 2.75) is 6.92 Å². The third-order valence-electron chi connectivity index (χ3n) is 3.20. The summed E-state index contributed by atoms with van der Waals surface area (Å²) in [6.07, 6.45) is 0. The van der Waals surface area contributed by atoms with Gasteiger partial charge in [0.25, 0.3) is 0 Å². The zero-order chi connectivity index (χ0) is 15.0. The van der Waals surface area contributed by atoms with Crippen molar-refractivity contribution in [3.8, 4) is 5.75 Å². The topological polar surface area (TPSA) is 76.7 Å². The summed E-state index contributed by atoms with van der Waals surface area (Å²) >= 11 is 0. The van der Waals surface area contributed by atoms with Crippen molar-refractivity contribution in [1.29, 1.82) is 0 Å². The Kier molecular flexibility index (Phi) is 4.90. The second-order valence-corrected chi connectivity index (χ2v) is 4.54. The molecule has 0 saturated carbocycles. The van der Waals surface area contributed by atoms with Gasteiger partial charge in [0.2, 0.25) is 5.43 Å². The number of hydrogen-bond donors (Lipinski definition) is 1. The van der Waals surface area contributed by atoms with E-state index in [4.69, 9.17) is 14.3 Å². The van der Waals surface area contributed by atoms with Crippen LogP contribution >= 0.6 is 0 Å². The average Bonchev–Trinajstić information content (AvgIpc) is 2.48. The van der Waals surface area contributed by atoms with Gasteiger partial charge in [-0.2, -0.15) is 0 Å². The van der Waals surface area contributed by atoms with Gasteiger partial charge in [-0.25, -0.2) is 4.79 Å². The molecule has 0 unspecified atom stereocenters. The van der Waals surface area contributed by atoms with E-state index >= 15 is 0 Å². The zero-order valence-corrected chi connectivity index (χ0v) is 14.3. The molecular formula is C16H13NaO5. The molecule has 0 aliphatic carbocycles. The maximum Gasteiger partial charge on any atom is 1.00 e. The van der Waals surface area contributed by atoms with E-state index in [0.717, 1.165) is 0 Å². The van der Waals surface area contributed by atoms with E-state index in [1.165, 1.54) is 18.2 Å². The summed E-state index contributed by atoms with van der Waals surface area (Å²) in [6.45, 7) is 2.37. The number of carbonyl (C=O) groups is 1. The van der Waals surface area contributed by atoms with E-state index in [1.807, 2.05) is 6.92 Å². The third kappa shape index (κ3) is 2.88. The molecule has 1 aromatic heterocycles. The Labute approximate surface area is 149 Å². The molecule has 5 nitrogen and oxygen atoms in total. The largest absolute Gasteiger partial charge is 1.00 e. The monoisotopic (exact) mass is 308 g/mol. The Hall–Kier alpha value is -1.82. The molecule has 0 amide bonds. The molecule has 108 valence electrons. The van der Waals surface area contributed by atoms with Crippen LogP contribution in [0, 0.1) is 0 Å². The number of hydrogen-bond acceptors (Lipinski definition) is 4. The van der Waals surface area contributed by atoms with Gasteiger partial charge in [-0.05, 0) is 43.3 Å². The normalized spacial score (nSPS) is 10.4. The van der Waals surface area contributed by atoms with Gasteiger partial charge in [-0.1, -0.05) is 0 Å². The predicted molar refractivity (Wildman–Crippen MR) is 79.2 cm³/mol. The molecule has 0 saturated heterocycles. The van der Waals surface area contributed by atoms with Crippen LogP contribution in [0.2, 0.25) is 0 Å². The Bertz CT molecular complexity index is 919. The number of benzene rings is 2. The van der Waals surface area contributed by atoms with E-state index in [1.54, 1.807) is 18.2 Å². The smallest absolute Gasteiger partial charge is 1.00 e. The van der Waals surface area contributed by atoms with Crippen molar-refractivity contribution in [2.75, 3.05) is 6.61 Å². The van der Waals surface area contributed by atoms with Crippen molar-refractivity contribution in [2.24, 2.45) is 0 Å². The molecule has 0 spiro atoms. The first kappa shape index (κ1) is 16.5. The second-order valence-electron chi connectivity index (χ2n) is 4.54. The number of carboxylic acid groups (broad SMARTS) is 1. The van der Waals surface area contributed by atoms with Crippen LogP contribution in [-0.2, 0) is 0 Å². The Morgan fingerprint density at radius 2 is 1.95 bits per heavy atom. The fourth-order valence-electron chi connectivity index (χ4n) is 2.22. The van der Waals surface area contributed by atoms with Gasteiger partial charge >= 0.3 is 35.5 Å². The van der Waals surface area contributed by atoms with Crippen molar-refractivity contribution in [3.05, 3.63) is 52.2 Å². The van der Waals surface area contributed by atoms with Crippen molar-refractivity contribution >= 4 is 27.9 Å². The van der Waals surface area contributed by atoms with Crippen LogP contribution in [0.15, 0.2) is 45.6 Å². The van der Waals surface area contributed by atoms with Crippen molar-refractivity contribution < 1.29 is 50.0 Å². The average molecular weight is 308 g/mol. The van der Waals surface area contributed by atoms with E-state index in [9.17, 15) is 9.59 Å². The first-order chi connectivity index (χ1) is 10.1. The molecule has 0 radical (unpaired) electrons. The Morgan fingerprint density at radius 1 is 1.18 bits per heavy atom. The number of rotatable bonds is 3. The standard InChI is InChI=1S/C16H12O5.Na.H/c1-2-20-10-4-6-13-12(8-10)15(17)11-5-3-9(16(18)19)7-14(11)21-13;;/h3-8H,2H2,1H3,(H,18,19);;/q;+1;-1. The number of ether oxygens (including phenoxy) is 1. The van der Waals surface area contributed by atoms with Crippen LogP contribution in [0.25, 0.3) is 21.9 Å². The summed E-state index contributed by atoms with van der Waals surface area (Å²) in [7, 11) is 0. The van der Waals surface area contributed by atoms with Crippen LogP contribution in [0.5, 0.6) is 5.75 Å². The molecule has 0 bridgehead atoms. The van der Waals surface area contributed by atoms with Crippen LogP contribution in [0.4, 0.5) is 0 Å². The second kappa shape index (κ2) is 6.52. The predicted octanol–water partition coefficient (Wildman–Crippen LogP) is 0.160. The molecule has 0 aliphatic heterocycles. The van der Waals surface area contributed by atoms with Gasteiger partial charge in [-0.3, -0.25) is 4.79 Å². The molecule has 0 atom stereocenters. The summed E-state index contributed by atoms with van der Waals surface area (Å²) in [5.41, 5.74) is 0.538. The van der Waals surface area contributed by atoms with Crippen LogP contribution in [0.3, 0.4) is 0 Å². The molecule has 1 N–H and O–H groups in total. The van der Waals surface area contributed by atoms with E-state index < -0.39 is 5.97 Å². The molecule has 2 aromatic carbocycles. The van der Waals surface area contributed by atoms with Crippen LogP contribution in [-0.4, -0.2) is 17.7 Å². The van der Waals surface area contributed by atoms with Crippen LogP contribution in [0.1, 0.15) is 18.7 Å². The number of fused-ring (bicyclic) bond motifs is 2. The fraction of sp³-hybridized carbons (Fsp3) is 0.125. The molecule has 6 heteroatoms. The molecule has 1 heterocycles. The quantitative estimate of drug-likeness (QED) is 0.551. The van der Waals surface area contributed by atoms with Gasteiger partial charge in [0.1, 0.15) is 16.9 Å². The Balaban J connectivity index is 0.00000132. The SMILES string of the molecule is CCOc1ccc2oc3cc(C(=O)O)ccc3c(=O)c2c1.[H-].[Na+]. The molecule has 0 aliphatic rings. The minimum Gasteiger partial charge on any atom is -1.00 e. The van der Waals surface area contributed by atoms with Crippen LogP contribution < -0.4 is 39.7 Å². The van der Waals surface area contributed by atoms with Gasteiger partial charge in [0.05, 0.1) is 22.9 Å². The summed E-state index contributed by atoms with van der Waals surface area (Å²) in [6, 6.07) is 9.21. The van der Waals surface area contributed by atoms with Gasteiger partial charge in [0.15, 0.2) is 0 Å². The van der Waals surface area contributed by atoms with E-state index in [-0.39, 0.29) is 47.6 Å². The van der Waals surface area contributed by atoms with E-state index in [2.05, 4.69) is 0 Å². The molecule has 22 heavy (non-hydrogen) atoms. The maximum atomic E-state index is 12.5. The summed E-state index contributed by atoms with van der Waals surface area (Å²) in [5.74, 6) is -0.467. The minimum atomic E-state index is -1.06. The first-order valence-corrected chi connectivity index (χ1v) is 6.47. The van der Waals surface area contributed by atoms with Crippen molar-refractivity contribution in [3.63, 3.8) is 0 Å². The van der Waals surface area contributed by atoms with E-state index in [0.29, 0.717) is 28.7 Å².